The summed E-state index contributed by atoms with van der Waals surface area (Å²) in [6.07, 6.45) is 22.6. The average molecular weight is 659 g/mol. The molecule has 2 saturated heterocycles. The number of pyridine rings is 2. The van der Waals surface area contributed by atoms with Crippen LogP contribution in [0.5, 0.6) is 0 Å². The van der Waals surface area contributed by atoms with E-state index in [4.69, 9.17) is 23.7 Å². The molecule has 0 saturated carbocycles. The van der Waals surface area contributed by atoms with Crippen LogP contribution >= 0.6 is 0 Å². The number of ether oxygens (including phenoxy) is 5. The van der Waals surface area contributed by atoms with Crippen molar-refractivity contribution >= 4 is 0 Å². The highest BCUT2D eigenvalue weighted by atomic mass is 16.7. The zero-order valence-electron chi connectivity index (χ0n) is 29.2. The molecule has 0 amide bonds. The minimum Gasteiger partial charge on any atom is -0.396 e. The van der Waals surface area contributed by atoms with E-state index in [0.29, 0.717) is 26.4 Å². The summed E-state index contributed by atoms with van der Waals surface area (Å²) in [5.74, 6) is 0. The van der Waals surface area contributed by atoms with E-state index in [0.717, 1.165) is 37.1 Å². The largest absolute Gasteiger partial charge is 0.396 e. The van der Waals surface area contributed by atoms with E-state index in [1.165, 1.54) is 64.2 Å². The Labute approximate surface area is 283 Å². The van der Waals surface area contributed by atoms with Gasteiger partial charge in [0.05, 0.1) is 74.8 Å². The van der Waals surface area contributed by atoms with Gasteiger partial charge in [-0.15, -0.1) is 0 Å². The lowest BCUT2D eigenvalue weighted by molar-refractivity contribution is -0.698. The quantitative estimate of drug-likeness (QED) is 0.123. The van der Waals surface area contributed by atoms with Gasteiger partial charge < -0.3 is 33.9 Å². The molecule has 4 heterocycles. The third-order valence-electron chi connectivity index (χ3n) is 9.50. The molecular weight excluding hydrogens is 596 g/mol. The lowest BCUT2D eigenvalue weighted by atomic mass is 9.89. The third-order valence-corrected chi connectivity index (χ3v) is 9.50. The van der Waals surface area contributed by atoms with Gasteiger partial charge in [-0.1, -0.05) is 65.2 Å². The highest BCUT2D eigenvalue weighted by Gasteiger charge is 2.41. The number of nitrogens with zero attached hydrogens (tertiary/aromatic N) is 2. The van der Waals surface area contributed by atoms with Gasteiger partial charge in [-0.25, -0.2) is 9.13 Å². The Balaban J connectivity index is 1.19. The highest BCUT2D eigenvalue weighted by molar-refractivity contribution is 5.09. The number of unbranched alkanes of at least 4 members (excludes halogenated alkanes) is 10. The summed E-state index contributed by atoms with van der Waals surface area (Å²) in [5.41, 5.74) is 0.594. The number of hydrogen-bond donors (Lipinski definition) is 2. The zero-order chi connectivity index (χ0) is 33.2. The molecule has 47 heavy (non-hydrogen) atoms. The summed E-state index contributed by atoms with van der Waals surface area (Å²) in [5, 5.41) is 20.6. The molecule has 9 nitrogen and oxygen atoms in total. The summed E-state index contributed by atoms with van der Waals surface area (Å²) >= 11 is 0. The van der Waals surface area contributed by atoms with E-state index in [2.05, 4.69) is 47.8 Å². The topological polar surface area (TPSA) is 94.4 Å². The zero-order valence-corrected chi connectivity index (χ0v) is 29.2. The molecule has 0 aliphatic carbocycles. The van der Waals surface area contributed by atoms with Crippen LogP contribution in [0.4, 0.5) is 0 Å². The molecule has 0 radical (unpaired) electrons. The number of aryl methyl sites for hydroxylation is 2. The predicted molar refractivity (Wildman–Crippen MR) is 179 cm³/mol. The minimum absolute atomic E-state index is 0.125. The molecule has 4 rings (SSSR count). The second-order valence-electron chi connectivity index (χ2n) is 14.0. The van der Waals surface area contributed by atoms with Gasteiger partial charge in [0.25, 0.3) is 0 Å². The van der Waals surface area contributed by atoms with Gasteiger partial charge in [-0.3, -0.25) is 0 Å². The third kappa shape index (κ3) is 12.1. The van der Waals surface area contributed by atoms with Crippen LogP contribution in [-0.4, -0.2) is 63.1 Å². The highest BCUT2D eigenvalue weighted by Crippen LogP contribution is 2.34. The van der Waals surface area contributed by atoms with Crippen LogP contribution in [0.25, 0.3) is 0 Å². The summed E-state index contributed by atoms with van der Waals surface area (Å²) in [7, 11) is 0. The Morgan fingerprint density at radius 2 is 1.00 bits per heavy atom. The molecule has 0 atom stereocenters. The normalized spacial score (nSPS) is 24.9. The molecule has 2 fully saturated rings. The Bertz CT molecular complexity index is 1050. The van der Waals surface area contributed by atoms with Crippen molar-refractivity contribution in [3.05, 3.63) is 60.2 Å². The second kappa shape index (κ2) is 20.5. The minimum atomic E-state index is -0.678. The number of aromatic nitrogens is 2. The SMILES string of the molecule is CCCCCCCC[n+]1cccc(C2OCC(CO)(COCC3(CO)COC(c4ccc[n+](CCCCCCCC)c4)OC3)CO2)c1. The molecular formula is C38H62N2O7+2. The van der Waals surface area contributed by atoms with Crippen LogP contribution in [0.1, 0.15) is 115 Å². The monoisotopic (exact) mass is 658 g/mol. The number of aliphatic hydroxyl groups is 2. The Morgan fingerprint density at radius 1 is 0.617 bits per heavy atom. The molecule has 264 valence electrons. The van der Waals surface area contributed by atoms with Gasteiger partial charge in [0, 0.05) is 25.0 Å². The molecule has 0 unspecified atom stereocenters. The van der Waals surface area contributed by atoms with Gasteiger partial charge in [-0.2, -0.15) is 0 Å². The van der Waals surface area contributed by atoms with E-state index >= 15 is 0 Å². The van der Waals surface area contributed by atoms with Crippen LogP contribution in [0, 0.1) is 10.8 Å². The van der Waals surface area contributed by atoms with E-state index in [1.807, 2.05) is 24.3 Å². The molecule has 2 aliphatic rings. The van der Waals surface area contributed by atoms with Crippen molar-refractivity contribution in [2.24, 2.45) is 10.8 Å². The van der Waals surface area contributed by atoms with Crippen molar-refractivity contribution in [1.82, 2.24) is 0 Å². The van der Waals surface area contributed by atoms with Gasteiger partial charge in [-0.05, 0) is 25.0 Å². The Kier molecular flexibility index (Phi) is 16.5. The summed E-state index contributed by atoms with van der Waals surface area (Å²) < 4.78 is 35.1. The molecule has 2 aromatic heterocycles. The first-order chi connectivity index (χ1) is 23.0. The molecule has 2 aromatic rings. The van der Waals surface area contributed by atoms with Gasteiger partial charge >= 0.3 is 0 Å². The molecule has 9 heteroatoms. The first-order valence-corrected chi connectivity index (χ1v) is 18.3. The van der Waals surface area contributed by atoms with Gasteiger partial charge in [0.2, 0.25) is 0 Å². The second-order valence-corrected chi connectivity index (χ2v) is 14.0. The van der Waals surface area contributed by atoms with Gasteiger partial charge in [0.15, 0.2) is 37.4 Å². The van der Waals surface area contributed by atoms with Crippen LogP contribution in [0.15, 0.2) is 49.1 Å². The number of hydrogen-bond acceptors (Lipinski definition) is 7. The fraction of sp³-hybridized carbons (Fsp3) is 0.737. The standard InChI is InChI=1S/C38H62N2O7/c1-3-5-7-9-11-13-19-39-21-15-17-33(23-39)35-44-29-37(25-41,30-45-35)27-43-28-38(26-42)31-46-36(47-32-38)34-18-16-22-40(24-34)20-14-12-10-8-6-4-2/h15-18,21-24,35-36,41-42H,3-14,19-20,25-32H2,1-2H3/q+2. The fourth-order valence-corrected chi connectivity index (χ4v) is 6.29. The molecule has 0 bridgehead atoms. The van der Waals surface area contributed by atoms with Crippen molar-refractivity contribution in [2.75, 3.05) is 52.9 Å². The van der Waals surface area contributed by atoms with E-state index in [9.17, 15) is 10.2 Å². The van der Waals surface area contributed by atoms with Crippen LogP contribution in [0.2, 0.25) is 0 Å². The van der Waals surface area contributed by atoms with E-state index in [-0.39, 0.29) is 26.4 Å². The van der Waals surface area contributed by atoms with Crippen molar-refractivity contribution in [3.63, 3.8) is 0 Å². The van der Waals surface area contributed by atoms with E-state index < -0.39 is 23.4 Å². The van der Waals surface area contributed by atoms with E-state index in [1.54, 1.807) is 0 Å². The maximum atomic E-state index is 10.3. The molecule has 2 aliphatic heterocycles. The number of aliphatic hydroxyl groups excluding tert-OH is 2. The summed E-state index contributed by atoms with van der Waals surface area (Å²) in [6, 6.07) is 8.12. The lowest BCUT2D eigenvalue weighted by Crippen LogP contribution is -2.49. The maximum absolute atomic E-state index is 10.3. The average Bonchev–Trinajstić information content (AvgIpc) is 3.12. The van der Waals surface area contributed by atoms with Crippen LogP contribution < -0.4 is 9.13 Å². The number of rotatable bonds is 22. The lowest BCUT2D eigenvalue weighted by Gasteiger charge is -2.41. The first-order valence-electron chi connectivity index (χ1n) is 18.3. The van der Waals surface area contributed by atoms with Crippen LogP contribution in [-0.2, 0) is 36.8 Å². The van der Waals surface area contributed by atoms with Crippen molar-refractivity contribution in [3.8, 4) is 0 Å². The fourth-order valence-electron chi connectivity index (χ4n) is 6.29. The smallest absolute Gasteiger partial charge is 0.189 e. The van der Waals surface area contributed by atoms with Gasteiger partial charge in [0.1, 0.15) is 13.1 Å². The predicted octanol–water partition coefficient (Wildman–Crippen LogP) is 5.75. The maximum Gasteiger partial charge on any atom is 0.189 e. The molecule has 0 spiro atoms. The van der Waals surface area contributed by atoms with Crippen LogP contribution in [0.3, 0.4) is 0 Å². The van der Waals surface area contributed by atoms with Crippen molar-refractivity contribution in [1.29, 1.82) is 0 Å². The molecule has 0 aromatic carbocycles. The Morgan fingerprint density at radius 3 is 1.38 bits per heavy atom. The van der Waals surface area contributed by atoms with Crippen molar-refractivity contribution in [2.45, 2.75) is 117 Å². The molecule has 2 N–H and O–H groups in total. The Hall–Kier alpha value is -1.98. The summed E-state index contributed by atoms with van der Waals surface area (Å²) in [6.45, 7) is 7.94. The van der Waals surface area contributed by atoms with Crippen molar-refractivity contribution < 1.29 is 43.0 Å². The summed E-state index contributed by atoms with van der Waals surface area (Å²) in [4.78, 5) is 0. The first kappa shape index (κ1) is 37.8.